The Morgan fingerprint density at radius 3 is 2.12 bits per heavy atom. The molecule has 0 fully saturated rings. The third-order valence-corrected chi connectivity index (χ3v) is 3.44. The van der Waals surface area contributed by atoms with Gasteiger partial charge in [-0.3, -0.25) is 4.57 Å². The third kappa shape index (κ3) is 3.10. The van der Waals surface area contributed by atoms with Crippen LogP contribution in [-0.2, 0) is 23.1 Å². The van der Waals surface area contributed by atoms with Gasteiger partial charge in [0.05, 0.1) is 19.5 Å². The maximum atomic E-state index is 13.4. The van der Waals surface area contributed by atoms with E-state index in [0.29, 0.717) is 6.26 Å². The molecule has 0 aromatic carbocycles. The van der Waals surface area contributed by atoms with Gasteiger partial charge in [-0.1, -0.05) is 6.58 Å². The summed E-state index contributed by atoms with van der Waals surface area (Å²) in [5, 5.41) is 0. The first kappa shape index (κ1) is 15.2. The first-order chi connectivity index (χ1) is 7.35. The Morgan fingerprint density at radius 1 is 1.38 bits per heavy atom. The minimum atomic E-state index is -4.86. The molecule has 0 aliphatic carbocycles. The molecule has 0 aliphatic heterocycles. The molecule has 0 atom stereocenters. The Balaban J connectivity index is 5.09. The van der Waals surface area contributed by atoms with Gasteiger partial charge in [-0.25, -0.2) is 4.79 Å². The molecule has 94 valence electrons. The van der Waals surface area contributed by atoms with E-state index in [0.717, 1.165) is 0 Å². The van der Waals surface area contributed by atoms with Crippen LogP contribution in [0.4, 0.5) is 8.78 Å². The van der Waals surface area contributed by atoms with Crippen LogP contribution in [0, 0.1) is 0 Å². The van der Waals surface area contributed by atoms with E-state index >= 15 is 0 Å². The molecule has 8 heteroatoms. The summed E-state index contributed by atoms with van der Waals surface area (Å²) in [7, 11) is -4.86. The van der Waals surface area contributed by atoms with Crippen LogP contribution in [0.2, 0.25) is 0 Å². The van der Waals surface area contributed by atoms with Crippen molar-refractivity contribution in [3.8, 4) is 0 Å². The lowest BCUT2D eigenvalue weighted by atomic mass is 10.7. The number of carbonyl (C=O) groups is 1. The average Bonchev–Trinajstić information content (AvgIpc) is 2.18. The highest BCUT2D eigenvalue weighted by atomic mass is 31.2. The van der Waals surface area contributed by atoms with E-state index in [4.69, 9.17) is 0 Å². The van der Waals surface area contributed by atoms with Crippen LogP contribution in [0.25, 0.3) is 0 Å². The first-order valence-electron chi connectivity index (χ1n) is 4.44. The first-order valence-corrected chi connectivity index (χ1v) is 5.99. The molecule has 0 spiro atoms. The van der Waals surface area contributed by atoms with E-state index in [1.807, 2.05) is 0 Å². The topological polar surface area (TPSA) is 61.8 Å². The second-order valence-corrected chi connectivity index (χ2v) is 4.52. The van der Waals surface area contributed by atoms with Crippen molar-refractivity contribution in [2.75, 3.05) is 13.2 Å². The van der Waals surface area contributed by atoms with E-state index in [1.165, 1.54) is 13.8 Å². The van der Waals surface area contributed by atoms with Crippen LogP contribution >= 0.6 is 7.60 Å². The standard InChI is InChI=1S/C8H13F2O5P/c1-4-13-7(11)8(9,10)16(12,14-5-2)15-6-3/h4H,1,5-6H2,2-3H3. The monoisotopic (exact) mass is 258 g/mol. The van der Waals surface area contributed by atoms with Gasteiger partial charge in [0.15, 0.2) is 0 Å². The molecule has 0 heterocycles. The highest BCUT2D eigenvalue weighted by Gasteiger charge is 2.61. The van der Waals surface area contributed by atoms with E-state index < -0.39 is 19.2 Å². The minimum absolute atomic E-state index is 0.283. The molecule has 0 aromatic rings. The molecule has 5 nitrogen and oxygen atoms in total. The van der Waals surface area contributed by atoms with Crippen molar-refractivity contribution >= 4 is 13.6 Å². The van der Waals surface area contributed by atoms with Gasteiger partial charge in [-0.05, 0) is 13.8 Å². The zero-order valence-corrected chi connectivity index (χ0v) is 9.84. The maximum absolute atomic E-state index is 13.4. The van der Waals surface area contributed by atoms with Crippen LogP contribution in [0.1, 0.15) is 13.8 Å². The lowest BCUT2D eigenvalue weighted by Crippen LogP contribution is -2.31. The lowest BCUT2D eigenvalue weighted by Gasteiger charge is -2.23. The highest BCUT2D eigenvalue weighted by molar-refractivity contribution is 7.56. The van der Waals surface area contributed by atoms with Crippen molar-refractivity contribution in [3.05, 3.63) is 12.8 Å². The van der Waals surface area contributed by atoms with Crippen molar-refractivity contribution in [2.24, 2.45) is 0 Å². The smallest absolute Gasteiger partial charge is 0.430 e. The summed E-state index contributed by atoms with van der Waals surface area (Å²) in [6.45, 7) is 5.07. The number of carbonyl (C=O) groups excluding carboxylic acids is 1. The number of ether oxygens (including phenoxy) is 1. The van der Waals surface area contributed by atoms with Crippen molar-refractivity contribution in [3.63, 3.8) is 0 Å². The number of esters is 1. The van der Waals surface area contributed by atoms with Crippen molar-refractivity contribution in [1.82, 2.24) is 0 Å². The van der Waals surface area contributed by atoms with Gasteiger partial charge in [0.25, 0.3) is 0 Å². The Labute approximate surface area is 91.9 Å². The van der Waals surface area contributed by atoms with Crippen LogP contribution in [0.15, 0.2) is 12.8 Å². The van der Waals surface area contributed by atoms with Gasteiger partial charge in [0.1, 0.15) is 0 Å². The largest absolute Gasteiger partial charge is 0.441 e. The minimum Gasteiger partial charge on any atom is -0.430 e. The second kappa shape index (κ2) is 6.08. The molecule has 0 bridgehead atoms. The molecule has 16 heavy (non-hydrogen) atoms. The molecule has 0 aromatic heterocycles. The van der Waals surface area contributed by atoms with Crippen molar-refractivity contribution in [1.29, 1.82) is 0 Å². The van der Waals surface area contributed by atoms with Crippen LogP contribution in [0.3, 0.4) is 0 Å². The molecule has 0 rings (SSSR count). The number of hydrogen-bond donors (Lipinski definition) is 0. The fraction of sp³-hybridized carbons (Fsp3) is 0.625. The van der Waals surface area contributed by atoms with Gasteiger partial charge in [0.2, 0.25) is 0 Å². The summed E-state index contributed by atoms with van der Waals surface area (Å²) in [5.74, 6) is -2.02. The summed E-state index contributed by atoms with van der Waals surface area (Å²) >= 11 is 0. The number of alkyl halides is 2. The second-order valence-electron chi connectivity index (χ2n) is 2.45. The lowest BCUT2D eigenvalue weighted by molar-refractivity contribution is -0.157. The summed E-state index contributed by atoms with van der Waals surface area (Å²) in [6.07, 6.45) is 0.512. The zero-order valence-electron chi connectivity index (χ0n) is 8.94. The van der Waals surface area contributed by atoms with Gasteiger partial charge in [0, 0.05) is 0 Å². The third-order valence-electron chi connectivity index (χ3n) is 1.38. The predicted octanol–water partition coefficient (Wildman–Crippen LogP) is 2.53. The summed E-state index contributed by atoms with van der Waals surface area (Å²) in [4.78, 5) is 10.9. The molecule has 0 radical (unpaired) electrons. The van der Waals surface area contributed by atoms with E-state index in [2.05, 4.69) is 20.4 Å². The number of hydrogen-bond acceptors (Lipinski definition) is 5. The molecular formula is C8H13F2O5P. The summed E-state index contributed by atoms with van der Waals surface area (Å²) < 4.78 is 51.0. The number of halogens is 2. The molecule has 0 amide bonds. The molecule has 0 aliphatic rings. The van der Waals surface area contributed by atoms with E-state index in [1.54, 1.807) is 0 Å². The fourth-order valence-corrected chi connectivity index (χ4v) is 2.15. The Hall–Kier alpha value is -0.780. The Morgan fingerprint density at radius 2 is 1.81 bits per heavy atom. The van der Waals surface area contributed by atoms with Crippen LogP contribution in [0.5, 0.6) is 0 Å². The number of rotatable bonds is 7. The van der Waals surface area contributed by atoms with Crippen molar-refractivity contribution < 1.29 is 31.9 Å². The molecule has 0 saturated heterocycles. The van der Waals surface area contributed by atoms with Gasteiger partial charge in [-0.2, -0.15) is 8.78 Å². The molecule has 0 saturated carbocycles. The van der Waals surface area contributed by atoms with Crippen LogP contribution in [-0.4, -0.2) is 24.8 Å². The van der Waals surface area contributed by atoms with Crippen LogP contribution < -0.4 is 0 Å². The van der Waals surface area contributed by atoms with Crippen molar-refractivity contribution in [2.45, 2.75) is 19.5 Å². The van der Waals surface area contributed by atoms with Gasteiger partial charge < -0.3 is 13.8 Å². The molecule has 0 unspecified atom stereocenters. The quantitative estimate of drug-likeness (QED) is 0.399. The van der Waals surface area contributed by atoms with E-state index in [9.17, 15) is 18.1 Å². The zero-order chi connectivity index (χ0) is 12.8. The fourth-order valence-electron chi connectivity index (χ4n) is 0.798. The summed E-state index contributed by atoms with van der Waals surface area (Å²) in [6, 6.07) is 0. The average molecular weight is 258 g/mol. The van der Waals surface area contributed by atoms with Gasteiger partial charge in [-0.15, -0.1) is 0 Å². The highest BCUT2D eigenvalue weighted by Crippen LogP contribution is 2.62. The Bertz CT molecular complexity index is 295. The van der Waals surface area contributed by atoms with E-state index in [-0.39, 0.29) is 13.2 Å². The predicted molar refractivity (Wildman–Crippen MR) is 52.1 cm³/mol. The normalized spacial score (nSPS) is 12.2. The summed E-state index contributed by atoms with van der Waals surface area (Å²) in [5.41, 5.74) is -4.35. The SMILES string of the molecule is C=COC(=O)C(F)(F)P(=O)(OCC)OCC. The Kier molecular flexibility index (Phi) is 5.78. The molecular weight excluding hydrogens is 245 g/mol. The molecule has 0 N–H and O–H groups in total. The maximum Gasteiger partial charge on any atom is 0.441 e. The van der Waals surface area contributed by atoms with Gasteiger partial charge >= 0.3 is 19.2 Å².